The molecule has 0 aliphatic rings. The van der Waals surface area contributed by atoms with Crippen molar-refractivity contribution in [2.75, 3.05) is 34.0 Å². The highest BCUT2D eigenvalue weighted by Gasteiger charge is 2.13. The zero-order valence-electron chi connectivity index (χ0n) is 17.0. The van der Waals surface area contributed by atoms with E-state index in [1.807, 2.05) is 0 Å². The Morgan fingerprint density at radius 1 is 1.14 bits per heavy atom. The molecule has 2 rings (SSSR count). The quantitative estimate of drug-likeness (QED) is 0.284. The molecule has 0 amide bonds. The third-order valence-electron chi connectivity index (χ3n) is 4.04. The van der Waals surface area contributed by atoms with Gasteiger partial charge in [-0.05, 0) is 31.9 Å². The van der Waals surface area contributed by atoms with Gasteiger partial charge in [-0.2, -0.15) is 0 Å². The molecule has 0 fully saturated rings. The monoisotopic (exact) mass is 404 g/mol. The molecule has 0 radical (unpaired) electrons. The van der Waals surface area contributed by atoms with Gasteiger partial charge in [0.1, 0.15) is 18.7 Å². The molecule has 158 valence electrons. The van der Waals surface area contributed by atoms with Crippen molar-refractivity contribution in [3.05, 3.63) is 41.6 Å². The molecule has 0 unspecified atom stereocenters. The largest absolute Gasteiger partial charge is 0.506 e. The summed E-state index contributed by atoms with van der Waals surface area (Å²) in [5, 5.41) is 11.0. The maximum absolute atomic E-state index is 9.64. The van der Waals surface area contributed by atoms with Gasteiger partial charge in [-0.3, -0.25) is 0 Å². The Balaban J connectivity index is 2.05. The van der Waals surface area contributed by atoms with Crippen LogP contribution in [0.5, 0.6) is 17.5 Å². The number of nitrogens with zero attached hydrogens (tertiary/aromatic N) is 4. The van der Waals surface area contributed by atoms with Crippen molar-refractivity contribution in [2.45, 2.75) is 19.8 Å². The number of ether oxygens (including phenoxy) is 3. The van der Waals surface area contributed by atoms with Crippen LogP contribution in [0.1, 0.15) is 24.2 Å². The first kappa shape index (κ1) is 22.2. The third kappa shape index (κ3) is 6.77. The van der Waals surface area contributed by atoms with Crippen LogP contribution < -0.4 is 21.1 Å². The van der Waals surface area contributed by atoms with Gasteiger partial charge < -0.3 is 30.1 Å². The Bertz CT molecular complexity index is 828. The van der Waals surface area contributed by atoms with E-state index in [4.69, 9.17) is 25.8 Å². The average Bonchev–Trinajstić information content (AvgIpc) is 2.70. The number of methoxy groups -OCH3 is 1. The molecule has 0 aromatic carbocycles. The minimum absolute atomic E-state index is 0.0602. The van der Waals surface area contributed by atoms with E-state index in [1.54, 1.807) is 33.2 Å². The number of aryl methyl sites for hydroxylation is 1. The number of hydrogen-bond acceptors (Lipinski definition) is 10. The van der Waals surface area contributed by atoms with Crippen molar-refractivity contribution in [1.82, 2.24) is 20.0 Å². The first-order valence-electron chi connectivity index (χ1n) is 9.13. The summed E-state index contributed by atoms with van der Waals surface area (Å²) in [5.74, 6) is 6.75. The summed E-state index contributed by atoms with van der Waals surface area (Å²) < 4.78 is 16.3. The summed E-state index contributed by atoms with van der Waals surface area (Å²) in [5.41, 5.74) is 8.01. The predicted octanol–water partition coefficient (Wildman–Crippen LogP) is 1.20. The second kappa shape index (κ2) is 11.0. The maximum atomic E-state index is 9.64. The Labute approximate surface area is 170 Å². The smallest absolute Gasteiger partial charge is 0.220 e. The van der Waals surface area contributed by atoms with Crippen molar-refractivity contribution in [3.63, 3.8) is 0 Å². The summed E-state index contributed by atoms with van der Waals surface area (Å²) in [6.45, 7) is 2.96. The van der Waals surface area contributed by atoms with Crippen molar-refractivity contribution in [3.8, 4) is 17.5 Å². The molecule has 2 aromatic rings. The number of hydrogen-bond donors (Lipinski definition) is 3. The number of aromatic hydroxyl groups is 1. The Morgan fingerprint density at radius 3 is 2.48 bits per heavy atom. The van der Waals surface area contributed by atoms with Gasteiger partial charge in [0.25, 0.3) is 0 Å². The first-order chi connectivity index (χ1) is 13.9. The number of nitrogens with two attached hydrogens (primary N) is 2. The van der Waals surface area contributed by atoms with Crippen molar-refractivity contribution < 1.29 is 19.3 Å². The van der Waals surface area contributed by atoms with Crippen LogP contribution in [0, 0.1) is 6.92 Å². The number of hydrazine groups is 1. The van der Waals surface area contributed by atoms with E-state index in [-0.39, 0.29) is 12.4 Å². The fourth-order valence-corrected chi connectivity index (χ4v) is 2.37. The lowest BCUT2D eigenvalue weighted by molar-refractivity contribution is 0.183. The zero-order valence-corrected chi connectivity index (χ0v) is 17.0. The van der Waals surface area contributed by atoms with Crippen molar-refractivity contribution in [2.24, 2.45) is 11.6 Å². The summed E-state index contributed by atoms with van der Waals surface area (Å²) in [6.07, 6.45) is 3.13. The van der Waals surface area contributed by atoms with Crippen LogP contribution in [0.2, 0.25) is 0 Å². The summed E-state index contributed by atoms with van der Waals surface area (Å²) in [7, 11) is 3.31. The molecule has 0 atom stereocenters. The molecule has 2 aromatic heterocycles. The minimum Gasteiger partial charge on any atom is -0.506 e. The predicted molar refractivity (Wildman–Crippen MR) is 108 cm³/mol. The van der Waals surface area contributed by atoms with Crippen LogP contribution in [-0.4, -0.2) is 59.0 Å². The molecule has 0 spiro atoms. The van der Waals surface area contributed by atoms with E-state index < -0.39 is 0 Å². The number of aromatic nitrogens is 3. The second-order valence-corrected chi connectivity index (χ2v) is 6.30. The molecule has 0 saturated carbocycles. The molecule has 0 bridgehead atoms. The van der Waals surface area contributed by atoms with Crippen LogP contribution in [-0.2, 0) is 4.74 Å². The molecular weight excluding hydrogens is 376 g/mol. The highest BCUT2D eigenvalue weighted by Crippen LogP contribution is 2.20. The maximum Gasteiger partial charge on any atom is 0.220 e. The molecule has 0 aliphatic carbocycles. The lowest BCUT2D eigenvalue weighted by atomic mass is 10.2. The summed E-state index contributed by atoms with van der Waals surface area (Å²) >= 11 is 0. The molecule has 0 aliphatic heterocycles. The summed E-state index contributed by atoms with van der Waals surface area (Å²) in [4.78, 5) is 12.4. The fraction of sp³-hybridized carbons (Fsp3) is 0.421. The molecule has 2 heterocycles. The standard InChI is InChI=1S/C19H28N6O4/c1-13-16(26)7-6-14(24-13)19(20)15(25(2)21)11-29-18-10-17(22-12-23-18)28-9-5-4-8-27-3/h6-7,10,12,26H,4-5,8-9,11,20-21H2,1-3H3/b19-15-. The normalized spacial score (nSPS) is 11.7. The van der Waals surface area contributed by atoms with Crippen LogP contribution >= 0.6 is 0 Å². The topological polar surface area (TPSA) is 142 Å². The van der Waals surface area contributed by atoms with Crippen molar-refractivity contribution in [1.29, 1.82) is 0 Å². The van der Waals surface area contributed by atoms with E-state index in [9.17, 15) is 5.11 Å². The highest BCUT2D eigenvalue weighted by molar-refractivity contribution is 5.63. The number of unbranched alkanes of at least 4 members (excludes halogenated alkanes) is 1. The van der Waals surface area contributed by atoms with E-state index >= 15 is 0 Å². The third-order valence-corrected chi connectivity index (χ3v) is 4.04. The van der Waals surface area contributed by atoms with Gasteiger partial charge in [-0.1, -0.05) is 0 Å². The van der Waals surface area contributed by atoms with Gasteiger partial charge in [-0.15, -0.1) is 0 Å². The molecule has 29 heavy (non-hydrogen) atoms. The number of likely N-dealkylation sites (N-methyl/N-ethyl adjacent to an activating group) is 1. The van der Waals surface area contributed by atoms with Crippen LogP contribution in [0.3, 0.4) is 0 Å². The molecule has 0 saturated heterocycles. The van der Waals surface area contributed by atoms with E-state index in [2.05, 4.69) is 15.0 Å². The van der Waals surface area contributed by atoms with Gasteiger partial charge >= 0.3 is 0 Å². The van der Waals surface area contributed by atoms with Gasteiger partial charge in [0.2, 0.25) is 11.8 Å². The lowest BCUT2D eigenvalue weighted by Gasteiger charge is -2.20. The van der Waals surface area contributed by atoms with E-state index in [0.29, 0.717) is 47.8 Å². The van der Waals surface area contributed by atoms with E-state index in [1.165, 1.54) is 17.4 Å². The number of rotatable bonds is 11. The van der Waals surface area contributed by atoms with Crippen LogP contribution in [0.15, 0.2) is 30.2 Å². The molecular formula is C19H28N6O4. The average molecular weight is 404 g/mol. The SMILES string of the molecule is COCCCCOc1cc(OC/C(=C(/N)c2ccc(O)c(C)n2)N(C)N)ncn1. The molecule has 5 N–H and O–H groups in total. The highest BCUT2D eigenvalue weighted by atomic mass is 16.5. The second-order valence-electron chi connectivity index (χ2n) is 6.30. The zero-order chi connectivity index (χ0) is 21.2. The Hall–Kier alpha value is -3.11. The lowest BCUT2D eigenvalue weighted by Crippen LogP contribution is -2.31. The fourth-order valence-electron chi connectivity index (χ4n) is 2.37. The molecule has 10 heteroatoms. The van der Waals surface area contributed by atoms with Gasteiger partial charge in [0.05, 0.1) is 35.5 Å². The van der Waals surface area contributed by atoms with Gasteiger partial charge in [-0.25, -0.2) is 20.8 Å². The molecule has 10 nitrogen and oxygen atoms in total. The first-order valence-corrected chi connectivity index (χ1v) is 9.13. The van der Waals surface area contributed by atoms with E-state index in [0.717, 1.165) is 12.8 Å². The van der Waals surface area contributed by atoms with Crippen LogP contribution in [0.25, 0.3) is 5.70 Å². The minimum atomic E-state index is 0.0602. The van der Waals surface area contributed by atoms with Gasteiger partial charge in [0, 0.05) is 20.8 Å². The van der Waals surface area contributed by atoms with Crippen LogP contribution in [0.4, 0.5) is 0 Å². The Morgan fingerprint density at radius 2 is 1.83 bits per heavy atom. The number of pyridine rings is 1. The summed E-state index contributed by atoms with van der Waals surface area (Å²) in [6, 6.07) is 4.74. The van der Waals surface area contributed by atoms with Gasteiger partial charge in [0.15, 0.2) is 0 Å². The van der Waals surface area contributed by atoms with Crippen molar-refractivity contribution >= 4 is 5.70 Å². The Kier molecular flexibility index (Phi) is 8.44.